The summed E-state index contributed by atoms with van der Waals surface area (Å²) in [7, 11) is 0. The van der Waals surface area contributed by atoms with Gasteiger partial charge in [0.1, 0.15) is 0 Å². The zero-order valence-electron chi connectivity index (χ0n) is 15.1. The van der Waals surface area contributed by atoms with Crippen molar-refractivity contribution in [1.29, 1.82) is 5.26 Å². The van der Waals surface area contributed by atoms with Crippen LogP contribution < -0.4 is 16.0 Å². The summed E-state index contributed by atoms with van der Waals surface area (Å²) in [4.78, 5) is 27.6. The number of rotatable bonds is 5. The van der Waals surface area contributed by atoms with E-state index in [1.165, 1.54) is 13.1 Å². The van der Waals surface area contributed by atoms with Gasteiger partial charge in [0.05, 0.1) is 29.1 Å². The van der Waals surface area contributed by atoms with Crippen molar-refractivity contribution in [1.82, 2.24) is 4.98 Å². The predicted octanol–water partition coefficient (Wildman–Crippen LogP) is 3.91. The third-order valence-corrected chi connectivity index (χ3v) is 3.74. The van der Waals surface area contributed by atoms with E-state index in [1.54, 1.807) is 54.7 Å². The molecule has 0 radical (unpaired) electrons. The third-order valence-electron chi connectivity index (χ3n) is 3.74. The van der Waals surface area contributed by atoms with Gasteiger partial charge in [0.15, 0.2) is 0 Å². The molecule has 0 aliphatic carbocycles. The maximum atomic E-state index is 12.5. The van der Waals surface area contributed by atoms with Crippen molar-refractivity contribution in [3.8, 4) is 6.07 Å². The van der Waals surface area contributed by atoms with Crippen molar-refractivity contribution in [2.75, 3.05) is 16.0 Å². The van der Waals surface area contributed by atoms with Gasteiger partial charge < -0.3 is 16.0 Å². The molecule has 1 aromatic heterocycles. The van der Waals surface area contributed by atoms with Crippen molar-refractivity contribution < 1.29 is 9.59 Å². The summed E-state index contributed by atoms with van der Waals surface area (Å²) in [5.74, 6) is -0.471. The highest BCUT2D eigenvalue weighted by Crippen LogP contribution is 2.19. The molecule has 3 aromatic rings. The van der Waals surface area contributed by atoms with Gasteiger partial charge in [-0.15, -0.1) is 0 Å². The first-order chi connectivity index (χ1) is 13.5. The second kappa shape index (κ2) is 8.47. The summed E-state index contributed by atoms with van der Waals surface area (Å²) in [5.41, 5.74) is 3.52. The minimum absolute atomic E-state index is 0.160. The Bertz CT molecular complexity index is 1050. The Hall–Kier alpha value is -4.18. The van der Waals surface area contributed by atoms with Crippen LogP contribution in [0.2, 0.25) is 0 Å². The average molecular weight is 371 g/mol. The Morgan fingerprint density at radius 2 is 1.61 bits per heavy atom. The van der Waals surface area contributed by atoms with Gasteiger partial charge in [0.2, 0.25) is 5.91 Å². The van der Waals surface area contributed by atoms with Crippen molar-refractivity contribution in [3.63, 3.8) is 0 Å². The van der Waals surface area contributed by atoms with Crippen LogP contribution in [-0.2, 0) is 4.79 Å². The molecular weight excluding hydrogens is 354 g/mol. The van der Waals surface area contributed by atoms with E-state index < -0.39 is 0 Å². The standard InChI is InChI=1S/C21H17N5O2/c1-14(27)24-17-5-7-18(8-6-17)26-21(28)16-10-20(13-23-12-16)25-19-4-2-3-15(9-19)11-22/h2-10,12-13,25H,1H3,(H,24,27)(H,26,28). The minimum atomic E-state index is -0.311. The zero-order valence-corrected chi connectivity index (χ0v) is 15.1. The average Bonchev–Trinajstić information content (AvgIpc) is 2.69. The monoisotopic (exact) mass is 371 g/mol. The molecule has 0 spiro atoms. The highest BCUT2D eigenvalue weighted by Gasteiger charge is 2.08. The molecule has 0 atom stereocenters. The highest BCUT2D eigenvalue weighted by molar-refractivity contribution is 6.04. The van der Waals surface area contributed by atoms with Crippen molar-refractivity contribution in [2.45, 2.75) is 6.92 Å². The molecular formula is C21H17N5O2. The molecule has 0 aliphatic rings. The predicted molar refractivity (Wildman–Crippen MR) is 107 cm³/mol. The smallest absolute Gasteiger partial charge is 0.257 e. The molecule has 0 unspecified atom stereocenters. The summed E-state index contributed by atoms with van der Waals surface area (Å²) in [6.07, 6.45) is 3.07. The molecule has 2 amide bonds. The Labute approximate surface area is 162 Å². The third kappa shape index (κ3) is 4.93. The molecule has 0 saturated heterocycles. The molecule has 0 aliphatic heterocycles. The molecule has 0 saturated carbocycles. The SMILES string of the molecule is CC(=O)Nc1ccc(NC(=O)c2cncc(Nc3cccc(C#N)c3)c2)cc1. The molecule has 1 heterocycles. The van der Waals surface area contributed by atoms with E-state index in [9.17, 15) is 9.59 Å². The quantitative estimate of drug-likeness (QED) is 0.630. The summed E-state index contributed by atoms with van der Waals surface area (Å²) >= 11 is 0. The molecule has 7 nitrogen and oxygen atoms in total. The number of carbonyl (C=O) groups excluding carboxylic acids is 2. The Morgan fingerprint density at radius 1 is 0.893 bits per heavy atom. The Morgan fingerprint density at radius 3 is 2.29 bits per heavy atom. The maximum Gasteiger partial charge on any atom is 0.257 e. The number of anilines is 4. The van der Waals surface area contributed by atoms with Gasteiger partial charge in [0.25, 0.3) is 5.91 Å². The van der Waals surface area contributed by atoms with Crippen molar-refractivity contribution in [2.24, 2.45) is 0 Å². The lowest BCUT2D eigenvalue weighted by atomic mass is 10.2. The first kappa shape index (κ1) is 18.6. The van der Waals surface area contributed by atoms with Crippen LogP contribution in [0.25, 0.3) is 0 Å². The first-order valence-electron chi connectivity index (χ1n) is 8.45. The van der Waals surface area contributed by atoms with E-state index in [1.807, 2.05) is 6.07 Å². The number of nitrogens with zero attached hydrogens (tertiary/aromatic N) is 2. The fraction of sp³-hybridized carbons (Fsp3) is 0.0476. The number of nitrogens with one attached hydrogen (secondary N) is 3. The van der Waals surface area contributed by atoms with E-state index in [0.29, 0.717) is 28.2 Å². The second-order valence-electron chi connectivity index (χ2n) is 5.99. The first-order valence-corrected chi connectivity index (χ1v) is 8.45. The summed E-state index contributed by atoms with van der Waals surface area (Å²) in [6, 6.07) is 17.6. The molecule has 3 N–H and O–H groups in total. The fourth-order valence-corrected chi connectivity index (χ4v) is 2.51. The molecule has 0 bridgehead atoms. The van der Waals surface area contributed by atoms with Gasteiger partial charge in [-0.2, -0.15) is 5.26 Å². The fourth-order valence-electron chi connectivity index (χ4n) is 2.51. The number of amides is 2. The van der Waals surface area contributed by atoms with Crippen molar-refractivity contribution >= 4 is 34.6 Å². The number of aromatic nitrogens is 1. The molecule has 28 heavy (non-hydrogen) atoms. The lowest BCUT2D eigenvalue weighted by Gasteiger charge is -2.09. The molecule has 0 fully saturated rings. The van der Waals surface area contributed by atoms with E-state index in [0.717, 1.165) is 5.69 Å². The van der Waals surface area contributed by atoms with Gasteiger partial charge in [-0.1, -0.05) is 6.07 Å². The maximum absolute atomic E-state index is 12.5. The highest BCUT2D eigenvalue weighted by atomic mass is 16.2. The molecule has 7 heteroatoms. The second-order valence-corrected chi connectivity index (χ2v) is 5.99. The minimum Gasteiger partial charge on any atom is -0.354 e. The van der Waals surface area contributed by atoms with E-state index >= 15 is 0 Å². The lowest BCUT2D eigenvalue weighted by Crippen LogP contribution is -2.12. The number of benzene rings is 2. The van der Waals surface area contributed by atoms with Gasteiger partial charge in [-0.3, -0.25) is 14.6 Å². The largest absolute Gasteiger partial charge is 0.354 e. The number of nitriles is 1. The Balaban J connectivity index is 1.69. The van der Waals surface area contributed by atoms with Crippen LogP contribution in [0, 0.1) is 11.3 Å². The van der Waals surface area contributed by atoms with Crippen LogP contribution in [-0.4, -0.2) is 16.8 Å². The van der Waals surface area contributed by atoms with Crippen molar-refractivity contribution in [3.05, 3.63) is 78.1 Å². The van der Waals surface area contributed by atoms with Gasteiger partial charge in [0, 0.05) is 30.2 Å². The molecule has 3 rings (SSSR count). The topological polar surface area (TPSA) is 107 Å². The van der Waals surface area contributed by atoms with Gasteiger partial charge in [-0.05, 0) is 48.5 Å². The van der Waals surface area contributed by atoms with Crippen LogP contribution >= 0.6 is 0 Å². The normalized spacial score (nSPS) is 9.86. The van der Waals surface area contributed by atoms with E-state index in [2.05, 4.69) is 27.0 Å². The number of hydrogen-bond acceptors (Lipinski definition) is 5. The van der Waals surface area contributed by atoms with Crippen LogP contribution in [0.1, 0.15) is 22.8 Å². The van der Waals surface area contributed by atoms with Crippen LogP contribution in [0.3, 0.4) is 0 Å². The van der Waals surface area contributed by atoms with E-state index in [-0.39, 0.29) is 11.8 Å². The summed E-state index contributed by atoms with van der Waals surface area (Å²) < 4.78 is 0. The molecule has 2 aromatic carbocycles. The van der Waals surface area contributed by atoms with Crippen LogP contribution in [0.15, 0.2) is 67.0 Å². The lowest BCUT2D eigenvalue weighted by molar-refractivity contribution is -0.114. The number of pyridine rings is 1. The van der Waals surface area contributed by atoms with E-state index in [4.69, 9.17) is 5.26 Å². The Kier molecular flexibility index (Phi) is 5.63. The van der Waals surface area contributed by atoms with Gasteiger partial charge >= 0.3 is 0 Å². The van der Waals surface area contributed by atoms with Crippen LogP contribution in [0.4, 0.5) is 22.7 Å². The van der Waals surface area contributed by atoms with Gasteiger partial charge in [-0.25, -0.2) is 0 Å². The molecule has 138 valence electrons. The summed E-state index contributed by atoms with van der Waals surface area (Å²) in [5, 5.41) is 17.6. The number of hydrogen-bond donors (Lipinski definition) is 3. The van der Waals surface area contributed by atoms with Crippen LogP contribution in [0.5, 0.6) is 0 Å². The zero-order chi connectivity index (χ0) is 19.9. The summed E-state index contributed by atoms with van der Waals surface area (Å²) in [6.45, 7) is 1.43. The number of carbonyl (C=O) groups is 2.